The van der Waals surface area contributed by atoms with E-state index in [4.69, 9.17) is 14.2 Å². The molecule has 27 heavy (non-hydrogen) atoms. The molecule has 0 fully saturated rings. The summed E-state index contributed by atoms with van der Waals surface area (Å²) in [6.45, 7) is 4.10. The first kappa shape index (κ1) is 18.8. The van der Waals surface area contributed by atoms with Crippen molar-refractivity contribution in [1.29, 1.82) is 0 Å². The number of benzene rings is 2. The van der Waals surface area contributed by atoms with Crippen molar-refractivity contribution in [2.24, 2.45) is 10.2 Å². The van der Waals surface area contributed by atoms with Gasteiger partial charge in [-0.3, -0.25) is 0 Å². The Morgan fingerprint density at radius 3 is 2.19 bits per heavy atom. The largest absolute Gasteiger partial charge is 0.504 e. The van der Waals surface area contributed by atoms with Gasteiger partial charge in [0.25, 0.3) is 0 Å². The number of rotatable bonds is 5. The summed E-state index contributed by atoms with van der Waals surface area (Å²) in [6.07, 6.45) is 0.883. The number of phenolic OH excluding ortho intramolecular Hbond substituents is 1. The Bertz CT molecular complexity index is 919. The monoisotopic (exact) mass is 368 g/mol. The van der Waals surface area contributed by atoms with Crippen molar-refractivity contribution in [1.82, 2.24) is 0 Å². The molecule has 0 bridgehead atoms. The Hall–Kier alpha value is -3.02. The van der Waals surface area contributed by atoms with Crippen molar-refractivity contribution in [3.8, 4) is 23.0 Å². The van der Waals surface area contributed by atoms with Crippen LogP contribution in [0.25, 0.3) is 0 Å². The van der Waals surface area contributed by atoms with Crippen LogP contribution in [0.5, 0.6) is 23.0 Å². The SMILES string of the molecule is CC[C@@H]1C(C)=NN=C(c2ccc(OC)c(O)c2)c2cc(OC)c(OC)cc21. The van der Waals surface area contributed by atoms with Gasteiger partial charge >= 0.3 is 0 Å². The third-order valence-electron chi connectivity index (χ3n) is 4.86. The minimum absolute atomic E-state index is 0.0525. The molecule has 142 valence electrons. The van der Waals surface area contributed by atoms with Crippen molar-refractivity contribution in [2.45, 2.75) is 26.2 Å². The van der Waals surface area contributed by atoms with Gasteiger partial charge in [-0.2, -0.15) is 5.10 Å². The number of aromatic hydroxyl groups is 1. The fourth-order valence-electron chi connectivity index (χ4n) is 3.43. The van der Waals surface area contributed by atoms with Gasteiger partial charge in [-0.25, -0.2) is 0 Å². The lowest BCUT2D eigenvalue weighted by Gasteiger charge is -2.20. The Morgan fingerprint density at radius 2 is 1.59 bits per heavy atom. The van der Waals surface area contributed by atoms with E-state index in [9.17, 15) is 5.11 Å². The van der Waals surface area contributed by atoms with Gasteiger partial charge in [0.1, 0.15) is 5.71 Å². The van der Waals surface area contributed by atoms with Crippen LogP contribution in [0.3, 0.4) is 0 Å². The summed E-state index contributed by atoms with van der Waals surface area (Å²) in [5, 5.41) is 19.2. The van der Waals surface area contributed by atoms with Crippen LogP contribution in [0.4, 0.5) is 0 Å². The highest BCUT2D eigenvalue weighted by molar-refractivity contribution is 6.16. The molecule has 2 aromatic rings. The first-order valence-electron chi connectivity index (χ1n) is 8.79. The molecule has 0 radical (unpaired) electrons. The molecule has 1 aliphatic rings. The maximum absolute atomic E-state index is 10.2. The highest BCUT2D eigenvalue weighted by atomic mass is 16.5. The highest BCUT2D eigenvalue weighted by Gasteiger charge is 2.26. The smallest absolute Gasteiger partial charge is 0.161 e. The van der Waals surface area contributed by atoms with E-state index in [0.29, 0.717) is 23.0 Å². The molecule has 0 spiro atoms. The van der Waals surface area contributed by atoms with E-state index in [0.717, 1.165) is 28.8 Å². The zero-order chi connectivity index (χ0) is 19.6. The fourth-order valence-corrected chi connectivity index (χ4v) is 3.43. The average Bonchev–Trinajstić information content (AvgIpc) is 2.82. The average molecular weight is 368 g/mol. The molecule has 0 saturated carbocycles. The first-order chi connectivity index (χ1) is 13.0. The zero-order valence-electron chi connectivity index (χ0n) is 16.2. The van der Waals surface area contributed by atoms with Crippen LogP contribution in [-0.4, -0.2) is 37.9 Å². The maximum Gasteiger partial charge on any atom is 0.161 e. The lowest BCUT2D eigenvalue weighted by atomic mass is 9.85. The third kappa shape index (κ3) is 3.35. The number of phenols is 1. The van der Waals surface area contributed by atoms with Crippen molar-refractivity contribution in [3.05, 3.63) is 47.0 Å². The Kier molecular flexibility index (Phi) is 5.35. The van der Waals surface area contributed by atoms with Crippen LogP contribution in [0, 0.1) is 0 Å². The second kappa shape index (κ2) is 7.70. The predicted octanol–water partition coefficient (Wildman–Crippen LogP) is 4.14. The Morgan fingerprint density at radius 1 is 0.926 bits per heavy atom. The van der Waals surface area contributed by atoms with Crippen LogP contribution >= 0.6 is 0 Å². The molecule has 6 heteroatoms. The maximum atomic E-state index is 10.2. The molecular weight excluding hydrogens is 344 g/mol. The van der Waals surface area contributed by atoms with Crippen molar-refractivity contribution in [2.75, 3.05) is 21.3 Å². The van der Waals surface area contributed by atoms with E-state index in [-0.39, 0.29) is 11.7 Å². The predicted molar refractivity (Wildman–Crippen MR) is 106 cm³/mol. The number of ether oxygens (including phenoxy) is 3. The summed E-state index contributed by atoms with van der Waals surface area (Å²) in [7, 11) is 4.75. The van der Waals surface area contributed by atoms with Gasteiger partial charge in [-0.15, -0.1) is 5.10 Å². The molecular formula is C21H24N2O4. The molecule has 0 aromatic heterocycles. The van der Waals surface area contributed by atoms with E-state index < -0.39 is 0 Å². The van der Waals surface area contributed by atoms with Gasteiger partial charge in [0.2, 0.25) is 0 Å². The van der Waals surface area contributed by atoms with Gasteiger partial charge in [0.05, 0.1) is 21.3 Å². The fraction of sp³-hybridized carbons (Fsp3) is 0.333. The minimum Gasteiger partial charge on any atom is -0.504 e. The van der Waals surface area contributed by atoms with E-state index in [1.165, 1.54) is 7.11 Å². The van der Waals surface area contributed by atoms with Gasteiger partial charge in [0.15, 0.2) is 23.0 Å². The first-order valence-corrected chi connectivity index (χ1v) is 8.79. The second-order valence-corrected chi connectivity index (χ2v) is 6.33. The zero-order valence-corrected chi connectivity index (χ0v) is 16.2. The number of nitrogens with zero attached hydrogens (tertiary/aromatic N) is 2. The number of fused-ring (bicyclic) bond motifs is 1. The molecule has 0 saturated heterocycles. The summed E-state index contributed by atoms with van der Waals surface area (Å²) in [4.78, 5) is 0. The normalized spacial score (nSPS) is 16.0. The Balaban J connectivity index is 2.25. The van der Waals surface area contributed by atoms with Crippen LogP contribution < -0.4 is 14.2 Å². The Labute approximate surface area is 159 Å². The van der Waals surface area contributed by atoms with Gasteiger partial charge in [0, 0.05) is 22.8 Å². The van der Waals surface area contributed by atoms with Crippen LogP contribution in [0.1, 0.15) is 42.9 Å². The molecule has 1 aliphatic heterocycles. The van der Waals surface area contributed by atoms with Gasteiger partial charge in [-0.05, 0) is 49.2 Å². The quantitative estimate of drug-likeness (QED) is 0.861. The van der Waals surface area contributed by atoms with Crippen molar-refractivity contribution < 1.29 is 19.3 Å². The third-order valence-corrected chi connectivity index (χ3v) is 4.86. The van der Waals surface area contributed by atoms with E-state index >= 15 is 0 Å². The molecule has 1 N–H and O–H groups in total. The molecule has 2 aromatic carbocycles. The van der Waals surface area contributed by atoms with Crippen molar-refractivity contribution in [3.63, 3.8) is 0 Å². The summed E-state index contributed by atoms with van der Waals surface area (Å²) in [5.41, 5.74) is 4.32. The van der Waals surface area contributed by atoms with Crippen LogP contribution in [-0.2, 0) is 0 Å². The van der Waals surface area contributed by atoms with Crippen LogP contribution in [0.2, 0.25) is 0 Å². The van der Waals surface area contributed by atoms with Crippen molar-refractivity contribution >= 4 is 11.4 Å². The number of hydrogen-bond acceptors (Lipinski definition) is 6. The van der Waals surface area contributed by atoms with E-state index in [2.05, 4.69) is 17.1 Å². The topological polar surface area (TPSA) is 72.6 Å². The summed E-state index contributed by atoms with van der Waals surface area (Å²) in [5.74, 6) is 1.87. The van der Waals surface area contributed by atoms with E-state index in [1.54, 1.807) is 26.4 Å². The minimum atomic E-state index is 0.0525. The molecule has 1 atom stereocenters. The molecule has 0 aliphatic carbocycles. The van der Waals surface area contributed by atoms with Gasteiger partial charge in [-0.1, -0.05) is 6.92 Å². The summed E-state index contributed by atoms with van der Waals surface area (Å²) in [6, 6.07) is 9.12. The number of methoxy groups -OCH3 is 3. The molecule has 0 unspecified atom stereocenters. The molecule has 1 heterocycles. The second-order valence-electron chi connectivity index (χ2n) is 6.33. The summed E-state index contributed by atoms with van der Waals surface area (Å²) >= 11 is 0. The standard InChI is InChI=1S/C21H24N2O4/c1-6-14-12(2)22-23-21(13-7-8-18(25-3)17(24)9-13)16-11-20(27-5)19(26-4)10-15(14)16/h7-11,14,24H,6H2,1-5H3/t14-/m1/s1. The summed E-state index contributed by atoms with van der Waals surface area (Å²) < 4.78 is 16.1. The number of hydrogen-bond donors (Lipinski definition) is 1. The van der Waals surface area contributed by atoms with E-state index in [1.807, 2.05) is 25.1 Å². The molecule has 6 nitrogen and oxygen atoms in total. The lowest BCUT2D eigenvalue weighted by Crippen LogP contribution is -2.12. The van der Waals surface area contributed by atoms with Crippen LogP contribution in [0.15, 0.2) is 40.5 Å². The highest BCUT2D eigenvalue weighted by Crippen LogP contribution is 2.38. The molecule has 3 rings (SSSR count). The van der Waals surface area contributed by atoms with Gasteiger partial charge < -0.3 is 19.3 Å². The lowest BCUT2D eigenvalue weighted by molar-refractivity contribution is 0.354. The molecule has 0 amide bonds.